The maximum absolute atomic E-state index is 12.6. The summed E-state index contributed by atoms with van der Waals surface area (Å²) in [7, 11) is 0. The number of benzene rings is 2. The first kappa shape index (κ1) is 11.2. The number of halogens is 2. The molecule has 0 spiro atoms. The van der Waals surface area contributed by atoms with Gasteiger partial charge in [0.15, 0.2) is 0 Å². The monoisotopic (exact) mass is 346 g/mol. The van der Waals surface area contributed by atoms with E-state index in [4.69, 9.17) is 28.7 Å². The van der Waals surface area contributed by atoms with Crippen LogP contribution in [0.2, 0.25) is 10.2 Å². The van der Waals surface area contributed by atoms with Crippen molar-refractivity contribution < 1.29 is 10.3 Å². The highest BCUT2D eigenvalue weighted by Crippen LogP contribution is 2.29. The number of amides is 1. The first-order valence-electron chi connectivity index (χ1n) is 8.60. The van der Waals surface area contributed by atoms with Crippen molar-refractivity contribution in [3.05, 3.63) is 82.5 Å². The number of carbonyl (C=O) groups is 1. The van der Waals surface area contributed by atoms with E-state index in [0.717, 1.165) is 0 Å². The Morgan fingerprint density at radius 3 is 2.52 bits per heavy atom. The van der Waals surface area contributed by atoms with Crippen molar-refractivity contribution in [1.29, 1.82) is 0 Å². The van der Waals surface area contributed by atoms with E-state index in [9.17, 15) is 4.79 Å². The maximum atomic E-state index is 12.6. The zero-order chi connectivity index (χ0) is 19.7. The number of aromatic nitrogens is 1. The first-order valence-corrected chi connectivity index (χ1v) is 7.35. The number of rotatable bonds is 3. The second-order valence-electron chi connectivity index (χ2n) is 4.53. The van der Waals surface area contributed by atoms with E-state index in [1.54, 1.807) is 30.3 Å². The van der Waals surface area contributed by atoms with Crippen LogP contribution in [0.5, 0.6) is 0 Å². The zero-order valence-corrected chi connectivity index (χ0v) is 13.2. The molecule has 0 bridgehead atoms. The third-order valence-corrected chi connectivity index (χ3v) is 3.53. The summed E-state index contributed by atoms with van der Waals surface area (Å²) in [6.45, 7) is 0. The Kier molecular flexibility index (Phi) is 3.32. The minimum Gasteiger partial charge on any atom is -0.321 e. The van der Waals surface area contributed by atoms with E-state index < -0.39 is 5.91 Å². The second-order valence-corrected chi connectivity index (χ2v) is 5.27. The zero-order valence-electron chi connectivity index (χ0n) is 15.7. The van der Waals surface area contributed by atoms with Crippen LogP contribution in [-0.2, 0) is 0 Å². The van der Waals surface area contributed by atoms with Crippen LogP contribution in [0.15, 0.2) is 66.8 Å². The summed E-state index contributed by atoms with van der Waals surface area (Å²) in [6, 6.07) is 8.37. The van der Waals surface area contributed by atoms with Crippen LogP contribution in [0, 0.1) is 0 Å². The van der Waals surface area contributed by atoms with Crippen molar-refractivity contribution in [2.24, 2.45) is 0 Å². The fraction of sp³-hybridized carbons (Fsp3) is 0. The van der Waals surface area contributed by atoms with Crippen molar-refractivity contribution in [3.8, 4) is 11.1 Å². The molecule has 0 saturated heterocycles. The molecule has 1 N–H and O–H groups in total. The van der Waals surface area contributed by atoms with E-state index >= 15 is 0 Å². The molecule has 1 heterocycles. The highest BCUT2D eigenvalue weighted by Gasteiger charge is 2.13. The standard InChI is InChI=1S/C18H12Cl2N2O/c19-13-9-7-12(8-10-13)14-4-1-2-6-16(14)22-18(23)15-5-3-11-21-17(15)20/h1-11H,(H,22,23)/i7D,8D,9D,10D. The molecule has 0 aliphatic rings. The smallest absolute Gasteiger partial charge is 0.258 e. The average Bonchev–Trinajstić information content (AvgIpc) is 2.66. The molecule has 0 aliphatic carbocycles. The van der Waals surface area contributed by atoms with Crippen LogP contribution in [0.1, 0.15) is 15.8 Å². The lowest BCUT2D eigenvalue weighted by Crippen LogP contribution is -2.13. The normalized spacial score (nSPS) is 12.8. The fourth-order valence-electron chi connectivity index (χ4n) is 1.99. The average molecular weight is 347 g/mol. The molecule has 1 aromatic heterocycles. The third kappa shape index (κ3) is 3.52. The van der Waals surface area contributed by atoms with Gasteiger partial charge in [-0.15, -0.1) is 0 Å². The van der Waals surface area contributed by atoms with Crippen LogP contribution in [-0.4, -0.2) is 10.9 Å². The molecule has 2 aromatic carbocycles. The van der Waals surface area contributed by atoms with Crippen molar-refractivity contribution in [3.63, 3.8) is 0 Å². The van der Waals surface area contributed by atoms with Crippen molar-refractivity contribution in [2.75, 3.05) is 5.32 Å². The van der Waals surface area contributed by atoms with Gasteiger partial charge in [0.05, 0.1) is 11.0 Å². The Bertz CT molecular complexity index is 1030. The van der Waals surface area contributed by atoms with Gasteiger partial charge in [-0.05, 0) is 35.8 Å². The number of anilines is 1. The van der Waals surface area contributed by atoms with Gasteiger partial charge in [0.1, 0.15) is 5.15 Å². The summed E-state index contributed by atoms with van der Waals surface area (Å²) < 4.78 is 32.2. The summed E-state index contributed by atoms with van der Waals surface area (Å²) >= 11 is 11.8. The number of carbonyl (C=O) groups excluding carboxylic acids is 1. The molecule has 5 heteroatoms. The predicted octanol–water partition coefficient (Wildman–Crippen LogP) is 5.31. The van der Waals surface area contributed by atoms with Gasteiger partial charge in [-0.2, -0.15) is 0 Å². The summed E-state index contributed by atoms with van der Waals surface area (Å²) in [5, 5.41) is 2.48. The van der Waals surface area contributed by atoms with Crippen LogP contribution in [0.25, 0.3) is 11.1 Å². The van der Waals surface area contributed by atoms with Gasteiger partial charge >= 0.3 is 0 Å². The third-order valence-electron chi connectivity index (χ3n) is 3.04. The number of nitrogens with one attached hydrogen (secondary N) is 1. The highest BCUT2D eigenvalue weighted by molar-refractivity contribution is 6.33. The van der Waals surface area contributed by atoms with E-state index in [1.807, 2.05) is 0 Å². The Balaban J connectivity index is 2.12. The molecule has 0 fully saturated rings. The van der Waals surface area contributed by atoms with Gasteiger partial charge in [0, 0.05) is 22.5 Å². The molecule has 3 aromatic rings. The van der Waals surface area contributed by atoms with Gasteiger partial charge in [-0.25, -0.2) is 4.98 Å². The second kappa shape index (κ2) is 6.82. The highest BCUT2D eigenvalue weighted by atomic mass is 35.5. The van der Waals surface area contributed by atoms with E-state index in [1.165, 1.54) is 12.3 Å². The van der Waals surface area contributed by atoms with Gasteiger partial charge in [-0.1, -0.05) is 53.5 Å². The van der Waals surface area contributed by atoms with Crippen molar-refractivity contribution >= 4 is 34.8 Å². The largest absolute Gasteiger partial charge is 0.321 e. The minimum atomic E-state index is -0.509. The summed E-state index contributed by atoms with van der Waals surface area (Å²) in [4.78, 5) is 16.4. The number of para-hydroxylation sites is 1. The molecule has 0 radical (unpaired) electrons. The molecular weight excluding hydrogens is 331 g/mol. The minimum absolute atomic E-state index is 0.0441. The predicted molar refractivity (Wildman–Crippen MR) is 94.1 cm³/mol. The number of pyridine rings is 1. The lowest BCUT2D eigenvalue weighted by atomic mass is 10.0. The SMILES string of the molecule is [2H]c1c([2H])c(-c2ccccc2NC(=O)c2cccnc2Cl)c([2H])c([2H])c1Cl. The van der Waals surface area contributed by atoms with Crippen molar-refractivity contribution in [2.45, 2.75) is 0 Å². The molecule has 114 valence electrons. The fourth-order valence-corrected chi connectivity index (χ4v) is 2.29. The molecule has 0 aliphatic heterocycles. The van der Waals surface area contributed by atoms with E-state index in [2.05, 4.69) is 10.3 Å². The molecular formula is C18H12Cl2N2O. The van der Waals surface area contributed by atoms with Crippen molar-refractivity contribution in [1.82, 2.24) is 4.98 Å². The number of nitrogens with zero attached hydrogens (tertiary/aromatic N) is 1. The quantitative estimate of drug-likeness (QED) is 0.653. The molecule has 0 saturated carbocycles. The Morgan fingerprint density at radius 1 is 1.04 bits per heavy atom. The number of hydrogen-bond acceptors (Lipinski definition) is 2. The molecule has 3 rings (SSSR count). The number of hydrogen-bond donors (Lipinski definition) is 1. The van der Waals surface area contributed by atoms with Gasteiger partial charge < -0.3 is 5.32 Å². The van der Waals surface area contributed by atoms with E-state index in [0.29, 0.717) is 11.3 Å². The molecule has 3 nitrogen and oxygen atoms in total. The van der Waals surface area contributed by atoms with Crippen LogP contribution in [0.3, 0.4) is 0 Å². The van der Waals surface area contributed by atoms with Crippen LogP contribution >= 0.6 is 23.2 Å². The lowest BCUT2D eigenvalue weighted by molar-refractivity contribution is 0.102. The molecule has 1 amide bonds. The lowest BCUT2D eigenvalue weighted by Gasteiger charge is -2.12. The van der Waals surface area contributed by atoms with E-state index in [-0.39, 0.29) is 45.5 Å². The first-order chi connectivity index (χ1) is 12.8. The molecule has 0 unspecified atom stereocenters. The summed E-state index contributed by atoms with van der Waals surface area (Å²) in [6.07, 6.45) is 1.46. The molecule has 0 atom stereocenters. The summed E-state index contributed by atoms with van der Waals surface area (Å²) in [5.74, 6) is -0.509. The van der Waals surface area contributed by atoms with Gasteiger partial charge in [-0.3, -0.25) is 4.79 Å². The topological polar surface area (TPSA) is 42.0 Å². The molecule has 23 heavy (non-hydrogen) atoms. The van der Waals surface area contributed by atoms with Crippen LogP contribution < -0.4 is 5.32 Å². The Morgan fingerprint density at radius 2 is 1.78 bits per heavy atom. The maximum Gasteiger partial charge on any atom is 0.258 e. The Hall–Kier alpha value is -2.36. The van der Waals surface area contributed by atoms with Gasteiger partial charge in [0.2, 0.25) is 0 Å². The summed E-state index contributed by atoms with van der Waals surface area (Å²) in [5.41, 5.74) is 0.859. The Labute approximate surface area is 149 Å². The van der Waals surface area contributed by atoms with Crippen LogP contribution in [0.4, 0.5) is 5.69 Å². The van der Waals surface area contributed by atoms with Gasteiger partial charge in [0.25, 0.3) is 5.91 Å².